The van der Waals surface area contributed by atoms with E-state index in [0.29, 0.717) is 18.9 Å². The minimum atomic E-state index is 0. The first-order valence-corrected chi connectivity index (χ1v) is 8.98. The van der Waals surface area contributed by atoms with Gasteiger partial charge in [-0.1, -0.05) is 0 Å². The van der Waals surface area contributed by atoms with Gasteiger partial charge in [0.15, 0.2) is 0 Å². The van der Waals surface area contributed by atoms with Gasteiger partial charge in [0.25, 0.3) is 0 Å². The fourth-order valence-corrected chi connectivity index (χ4v) is 3.87. The van der Waals surface area contributed by atoms with Gasteiger partial charge in [0.05, 0.1) is 6.20 Å². The minimum absolute atomic E-state index is 0. The lowest BCUT2D eigenvalue weighted by atomic mass is 9.83. The molecule has 7 nitrogen and oxygen atoms in total. The number of piperidine rings is 2. The Morgan fingerprint density at radius 3 is 2.92 bits per heavy atom. The van der Waals surface area contributed by atoms with Crippen LogP contribution in [0.5, 0.6) is 0 Å². The zero-order valence-electron chi connectivity index (χ0n) is 15.4. The lowest BCUT2D eigenvalue weighted by molar-refractivity contribution is -0.142. The maximum Gasteiger partial charge on any atom is 0.246 e. The van der Waals surface area contributed by atoms with E-state index in [1.54, 1.807) is 17.0 Å². The van der Waals surface area contributed by atoms with Gasteiger partial charge < -0.3 is 15.1 Å². The van der Waals surface area contributed by atoms with Gasteiger partial charge >= 0.3 is 0 Å². The second kappa shape index (κ2) is 9.19. The second-order valence-corrected chi connectivity index (χ2v) is 6.91. The van der Waals surface area contributed by atoms with E-state index in [4.69, 9.17) is 0 Å². The summed E-state index contributed by atoms with van der Waals surface area (Å²) in [5, 5.41) is 7.22. The topological polar surface area (TPSA) is 70.5 Å². The molecular weight excluding hydrogens is 354 g/mol. The van der Waals surface area contributed by atoms with Crippen molar-refractivity contribution in [1.82, 2.24) is 24.9 Å². The Bertz CT molecular complexity index is 660. The van der Waals surface area contributed by atoms with Crippen LogP contribution in [-0.2, 0) is 16.6 Å². The lowest BCUT2D eigenvalue weighted by Gasteiger charge is -2.47. The quantitative estimate of drug-likeness (QED) is 0.770. The highest BCUT2D eigenvalue weighted by Gasteiger charge is 2.39. The number of likely N-dealkylation sites (N-methyl/N-ethyl adjacent to an activating group) is 1. The van der Waals surface area contributed by atoms with Gasteiger partial charge in [-0.2, -0.15) is 5.10 Å². The smallest absolute Gasteiger partial charge is 0.246 e. The molecule has 26 heavy (non-hydrogen) atoms. The lowest BCUT2D eigenvalue weighted by Crippen LogP contribution is -2.57. The molecule has 3 heterocycles. The largest absolute Gasteiger partial charge is 0.339 e. The number of hydrogen-bond donors (Lipinski definition) is 1. The van der Waals surface area contributed by atoms with Crippen LogP contribution in [0.4, 0.5) is 0 Å². The van der Waals surface area contributed by atoms with Gasteiger partial charge in [0.1, 0.15) is 0 Å². The number of hydrogen-bond acceptors (Lipinski definition) is 4. The Kier molecular flexibility index (Phi) is 7.23. The van der Waals surface area contributed by atoms with Crippen LogP contribution >= 0.6 is 12.4 Å². The Morgan fingerprint density at radius 2 is 2.23 bits per heavy atom. The van der Waals surface area contributed by atoms with E-state index in [2.05, 4.69) is 10.4 Å². The first-order valence-electron chi connectivity index (χ1n) is 8.98. The molecule has 0 aromatic carbocycles. The molecule has 3 rings (SSSR count). The molecule has 2 amide bonds. The molecule has 2 atom stereocenters. The zero-order chi connectivity index (χ0) is 17.8. The van der Waals surface area contributed by atoms with Crippen molar-refractivity contribution in [3.63, 3.8) is 0 Å². The number of carbonyl (C=O) groups excluding carboxylic acids is 2. The Labute approximate surface area is 160 Å². The summed E-state index contributed by atoms with van der Waals surface area (Å²) in [6.07, 6.45) is 9.40. The standard InChI is InChI=1S/C18H27N5O2.ClH/c1-19-8-10-23-16-7-9-22(13-15(16)4-6-18(23)25)17(24)5-3-14-11-20-21(2)12-14;/h3,5,11-12,15-16,19H,4,6-10,13H2,1-2H3;1H/t15-,16+;/m0./s1. The van der Waals surface area contributed by atoms with Crippen LogP contribution < -0.4 is 5.32 Å². The number of carbonyl (C=O) groups is 2. The van der Waals surface area contributed by atoms with Crippen molar-refractivity contribution in [1.29, 1.82) is 0 Å². The predicted octanol–water partition coefficient (Wildman–Crippen LogP) is 0.914. The third kappa shape index (κ3) is 4.65. The van der Waals surface area contributed by atoms with E-state index >= 15 is 0 Å². The van der Waals surface area contributed by atoms with Crippen LogP contribution in [0.3, 0.4) is 0 Å². The Morgan fingerprint density at radius 1 is 1.42 bits per heavy atom. The van der Waals surface area contributed by atoms with Crippen LogP contribution in [0.2, 0.25) is 0 Å². The minimum Gasteiger partial charge on any atom is -0.339 e. The molecule has 0 aliphatic carbocycles. The highest BCUT2D eigenvalue weighted by molar-refractivity contribution is 5.91. The summed E-state index contributed by atoms with van der Waals surface area (Å²) >= 11 is 0. The van der Waals surface area contributed by atoms with Crippen LogP contribution in [0.25, 0.3) is 6.08 Å². The van der Waals surface area contributed by atoms with Crippen molar-refractivity contribution in [2.75, 3.05) is 33.2 Å². The second-order valence-electron chi connectivity index (χ2n) is 6.91. The van der Waals surface area contributed by atoms with E-state index in [1.165, 1.54) is 0 Å². The highest BCUT2D eigenvalue weighted by atomic mass is 35.5. The molecule has 0 spiro atoms. The number of aryl methyl sites for hydroxylation is 1. The number of nitrogens with zero attached hydrogens (tertiary/aromatic N) is 4. The molecule has 2 saturated heterocycles. The SMILES string of the molecule is CNCCN1C(=O)CC[C@H]2CN(C(=O)C=Cc3cnn(C)c3)CC[C@H]21.Cl. The molecule has 1 N–H and O–H groups in total. The number of fused-ring (bicyclic) bond motifs is 1. The van der Waals surface area contributed by atoms with Gasteiger partial charge in [-0.25, -0.2) is 0 Å². The van der Waals surface area contributed by atoms with E-state index in [1.807, 2.05) is 36.2 Å². The van der Waals surface area contributed by atoms with Crippen molar-refractivity contribution in [2.24, 2.45) is 13.0 Å². The molecule has 2 fully saturated rings. The molecule has 2 aliphatic heterocycles. The maximum atomic E-state index is 12.5. The molecule has 0 bridgehead atoms. The fourth-order valence-electron chi connectivity index (χ4n) is 3.87. The average molecular weight is 382 g/mol. The van der Waals surface area contributed by atoms with Crippen molar-refractivity contribution in [3.8, 4) is 0 Å². The molecule has 144 valence electrons. The number of rotatable bonds is 5. The van der Waals surface area contributed by atoms with Gasteiger partial charge in [-0.15, -0.1) is 12.4 Å². The Hall–Kier alpha value is -1.86. The van der Waals surface area contributed by atoms with E-state index in [9.17, 15) is 9.59 Å². The van der Waals surface area contributed by atoms with Crippen LogP contribution in [0.15, 0.2) is 18.5 Å². The summed E-state index contributed by atoms with van der Waals surface area (Å²) in [6, 6.07) is 0.279. The monoisotopic (exact) mass is 381 g/mol. The highest BCUT2D eigenvalue weighted by Crippen LogP contribution is 2.31. The van der Waals surface area contributed by atoms with E-state index in [-0.39, 0.29) is 30.3 Å². The molecule has 8 heteroatoms. The molecule has 0 unspecified atom stereocenters. The average Bonchev–Trinajstić information content (AvgIpc) is 3.04. The third-order valence-electron chi connectivity index (χ3n) is 5.20. The molecule has 1 aromatic heterocycles. The van der Waals surface area contributed by atoms with Crippen molar-refractivity contribution in [3.05, 3.63) is 24.0 Å². The summed E-state index contributed by atoms with van der Waals surface area (Å²) in [4.78, 5) is 28.7. The van der Waals surface area contributed by atoms with Crippen LogP contribution in [0, 0.1) is 5.92 Å². The number of halogens is 1. The molecule has 2 aliphatic rings. The normalized spacial score (nSPS) is 23.1. The summed E-state index contributed by atoms with van der Waals surface area (Å²) < 4.78 is 1.72. The van der Waals surface area contributed by atoms with Gasteiger partial charge in [-0.05, 0) is 31.9 Å². The first kappa shape index (κ1) is 20.5. The third-order valence-corrected chi connectivity index (χ3v) is 5.20. The summed E-state index contributed by atoms with van der Waals surface area (Å²) in [5.41, 5.74) is 0.923. The van der Waals surface area contributed by atoms with Crippen molar-refractivity contribution < 1.29 is 9.59 Å². The van der Waals surface area contributed by atoms with E-state index in [0.717, 1.165) is 38.0 Å². The molecule has 0 saturated carbocycles. The molecular formula is C18H28ClN5O2. The number of aromatic nitrogens is 2. The predicted molar refractivity (Wildman–Crippen MR) is 103 cm³/mol. The Balaban J connectivity index is 0.00000243. The van der Waals surface area contributed by atoms with Gasteiger partial charge in [0, 0.05) is 63.5 Å². The number of nitrogens with one attached hydrogen (secondary N) is 1. The molecule has 0 radical (unpaired) electrons. The summed E-state index contributed by atoms with van der Waals surface area (Å²) in [5.74, 6) is 0.688. The summed E-state index contributed by atoms with van der Waals surface area (Å²) in [6.45, 7) is 3.02. The molecule has 1 aromatic rings. The maximum absolute atomic E-state index is 12.5. The fraction of sp³-hybridized carbons (Fsp3) is 0.611. The van der Waals surface area contributed by atoms with Crippen molar-refractivity contribution in [2.45, 2.75) is 25.3 Å². The summed E-state index contributed by atoms with van der Waals surface area (Å²) in [7, 11) is 3.76. The van der Waals surface area contributed by atoms with Crippen molar-refractivity contribution >= 4 is 30.3 Å². The van der Waals surface area contributed by atoms with Crippen LogP contribution in [-0.4, -0.2) is 70.7 Å². The van der Waals surface area contributed by atoms with Gasteiger partial charge in [0.2, 0.25) is 11.8 Å². The number of amides is 2. The van der Waals surface area contributed by atoms with Crippen LogP contribution in [0.1, 0.15) is 24.8 Å². The number of likely N-dealkylation sites (tertiary alicyclic amines) is 2. The van der Waals surface area contributed by atoms with Gasteiger partial charge in [-0.3, -0.25) is 14.3 Å². The zero-order valence-corrected chi connectivity index (χ0v) is 16.2. The first-order chi connectivity index (χ1) is 12.1. The van der Waals surface area contributed by atoms with E-state index < -0.39 is 0 Å².